The zero-order chi connectivity index (χ0) is 17.0. The van der Waals surface area contributed by atoms with Crippen LogP contribution in [0.2, 0.25) is 5.02 Å². The number of hydrogen-bond donors (Lipinski definition) is 1. The van der Waals surface area contributed by atoms with Gasteiger partial charge in [-0.15, -0.1) is 0 Å². The minimum Gasteiger partial charge on any atom is -0.481 e. The molecule has 5 nitrogen and oxygen atoms in total. The number of hydrogen-bond acceptors (Lipinski definition) is 4. The van der Waals surface area contributed by atoms with E-state index in [9.17, 15) is 10.1 Å². The SMILES string of the molecule is COc1cc(C)c(NC(=O)[C@@](C)(C#N)c2ccc(Cl)cc2)cn1. The fourth-order valence-corrected chi connectivity index (χ4v) is 2.18. The monoisotopic (exact) mass is 329 g/mol. The van der Waals surface area contributed by atoms with Gasteiger partial charge in [0.1, 0.15) is 0 Å². The highest BCUT2D eigenvalue weighted by Crippen LogP contribution is 2.27. The summed E-state index contributed by atoms with van der Waals surface area (Å²) in [4.78, 5) is 16.7. The summed E-state index contributed by atoms with van der Waals surface area (Å²) in [5.74, 6) is 0.0265. The Hall–Kier alpha value is -2.58. The summed E-state index contributed by atoms with van der Waals surface area (Å²) in [6, 6.07) is 10.4. The second-order valence-electron chi connectivity index (χ2n) is 5.24. The minimum atomic E-state index is -1.34. The van der Waals surface area contributed by atoms with Crippen molar-refractivity contribution in [3.05, 3.63) is 52.7 Å². The van der Waals surface area contributed by atoms with Gasteiger partial charge in [0.15, 0.2) is 5.41 Å². The highest BCUT2D eigenvalue weighted by Gasteiger charge is 2.35. The molecule has 23 heavy (non-hydrogen) atoms. The lowest BCUT2D eigenvalue weighted by atomic mass is 9.83. The Morgan fingerprint density at radius 2 is 2.04 bits per heavy atom. The van der Waals surface area contributed by atoms with Crippen molar-refractivity contribution in [1.82, 2.24) is 4.98 Å². The Labute approximate surface area is 139 Å². The molecule has 0 bridgehead atoms. The molecule has 1 N–H and O–H groups in total. The summed E-state index contributed by atoms with van der Waals surface area (Å²) in [5.41, 5.74) is 0.561. The normalized spacial score (nSPS) is 12.8. The molecule has 0 saturated carbocycles. The number of halogens is 1. The first kappa shape index (κ1) is 16.8. The van der Waals surface area contributed by atoms with E-state index in [2.05, 4.69) is 16.4 Å². The van der Waals surface area contributed by atoms with Crippen molar-refractivity contribution in [3.63, 3.8) is 0 Å². The Balaban J connectivity index is 2.30. The molecule has 2 aromatic rings. The molecule has 118 valence electrons. The van der Waals surface area contributed by atoms with Crippen molar-refractivity contribution < 1.29 is 9.53 Å². The Bertz CT molecular complexity index is 768. The fraction of sp³-hybridized carbons (Fsp3) is 0.235. The van der Waals surface area contributed by atoms with Gasteiger partial charge in [-0.25, -0.2) is 4.98 Å². The largest absolute Gasteiger partial charge is 0.481 e. The number of rotatable bonds is 4. The van der Waals surface area contributed by atoms with E-state index in [4.69, 9.17) is 16.3 Å². The third-order valence-corrected chi connectivity index (χ3v) is 3.89. The number of nitrogens with zero attached hydrogens (tertiary/aromatic N) is 2. The molecule has 0 aliphatic heterocycles. The lowest BCUT2D eigenvalue weighted by molar-refractivity contribution is -0.119. The molecule has 2 rings (SSSR count). The van der Waals surface area contributed by atoms with E-state index in [1.165, 1.54) is 13.3 Å². The highest BCUT2D eigenvalue weighted by molar-refractivity contribution is 6.30. The standard InChI is InChI=1S/C17H16ClN3O2/c1-11-8-15(23-3)20-9-14(11)21-16(22)17(2,10-19)12-4-6-13(18)7-5-12/h4-9H,1-3H3,(H,21,22)/t17-/m0/s1. The third kappa shape index (κ3) is 3.43. The first-order valence-electron chi connectivity index (χ1n) is 6.90. The van der Waals surface area contributed by atoms with Crippen LogP contribution in [0.4, 0.5) is 5.69 Å². The summed E-state index contributed by atoms with van der Waals surface area (Å²) in [6.45, 7) is 3.39. The van der Waals surface area contributed by atoms with Crippen LogP contribution in [0.15, 0.2) is 36.5 Å². The van der Waals surface area contributed by atoms with Crippen LogP contribution >= 0.6 is 11.6 Å². The summed E-state index contributed by atoms with van der Waals surface area (Å²) < 4.78 is 5.04. The Morgan fingerprint density at radius 1 is 1.39 bits per heavy atom. The molecule has 1 aromatic heterocycles. The number of aryl methyl sites for hydroxylation is 1. The zero-order valence-electron chi connectivity index (χ0n) is 13.1. The lowest BCUT2D eigenvalue weighted by Crippen LogP contribution is -2.36. The van der Waals surface area contributed by atoms with Crippen molar-refractivity contribution in [2.24, 2.45) is 0 Å². The first-order chi connectivity index (χ1) is 10.9. The molecule has 0 saturated heterocycles. The van der Waals surface area contributed by atoms with Crippen LogP contribution in [-0.2, 0) is 10.2 Å². The van der Waals surface area contributed by atoms with Crippen LogP contribution in [0.5, 0.6) is 5.88 Å². The van der Waals surface area contributed by atoms with Gasteiger partial charge >= 0.3 is 0 Å². The topological polar surface area (TPSA) is 75.0 Å². The van der Waals surface area contributed by atoms with Gasteiger partial charge in [-0.2, -0.15) is 5.26 Å². The minimum absolute atomic E-state index is 0.433. The summed E-state index contributed by atoms with van der Waals surface area (Å²) >= 11 is 5.86. The molecule has 0 aliphatic carbocycles. The molecule has 6 heteroatoms. The molecule has 1 heterocycles. The number of benzene rings is 1. The smallest absolute Gasteiger partial charge is 0.249 e. The molecular formula is C17H16ClN3O2. The average molecular weight is 330 g/mol. The number of ether oxygens (including phenoxy) is 1. The van der Waals surface area contributed by atoms with Gasteiger partial charge in [-0.3, -0.25) is 4.79 Å². The maximum absolute atomic E-state index is 12.6. The fourth-order valence-electron chi connectivity index (χ4n) is 2.05. The second kappa shape index (κ2) is 6.67. The van der Waals surface area contributed by atoms with Gasteiger partial charge in [-0.1, -0.05) is 23.7 Å². The number of nitriles is 1. The van der Waals surface area contributed by atoms with E-state index in [0.717, 1.165) is 5.56 Å². The van der Waals surface area contributed by atoms with Crippen LogP contribution in [0.1, 0.15) is 18.1 Å². The van der Waals surface area contributed by atoms with Crippen molar-refractivity contribution in [2.45, 2.75) is 19.3 Å². The van der Waals surface area contributed by atoms with Crippen molar-refractivity contribution in [2.75, 3.05) is 12.4 Å². The van der Waals surface area contributed by atoms with Gasteiger partial charge in [0.25, 0.3) is 0 Å². The van der Waals surface area contributed by atoms with Crippen molar-refractivity contribution in [1.29, 1.82) is 5.26 Å². The number of pyridine rings is 1. The third-order valence-electron chi connectivity index (χ3n) is 3.64. The van der Waals surface area contributed by atoms with Gasteiger partial charge in [0, 0.05) is 11.1 Å². The molecule has 0 spiro atoms. The number of carbonyl (C=O) groups is 1. The van der Waals surface area contributed by atoms with E-state index in [1.807, 2.05) is 6.92 Å². The summed E-state index contributed by atoms with van der Waals surface area (Å²) in [7, 11) is 1.52. The van der Waals surface area contributed by atoms with Gasteiger partial charge < -0.3 is 10.1 Å². The van der Waals surface area contributed by atoms with Crippen molar-refractivity contribution >= 4 is 23.2 Å². The number of amides is 1. The quantitative estimate of drug-likeness (QED) is 0.931. The van der Waals surface area contributed by atoms with E-state index in [1.54, 1.807) is 37.3 Å². The van der Waals surface area contributed by atoms with Gasteiger partial charge in [0.05, 0.1) is 25.1 Å². The van der Waals surface area contributed by atoms with Gasteiger partial charge in [-0.05, 0) is 37.1 Å². The van der Waals surface area contributed by atoms with Crippen LogP contribution in [0.3, 0.4) is 0 Å². The molecule has 1 aromatic carbocycles. The summed E-state index contributed by atoms with van der Waals surface area (Å²) in [6.07, 6.45) is 1.51. The van der Waals surface area contributed by atoms with Gasteiger partial charge in [0.2, 0.25) is 11.8 Å². The molecule has 1 amide bonds. The molecule has 0 unspecified atom stereocenters. The number of methoxy groups -OCH3 is 1. The lowest BCUT2D eigenvalue weighted by Gasteiger charge is -2.22. The number of anilines is 1. The molecule has 0 fully saturated rings. The van der Waals surface area contributed by atoms with Crippen molar-refractivity contribution in [3.8, 4) is 11.9 Å². The molecule has 0 radical (unpaired) electrons. The molecule has 1 atom stereocenters. The van der Waals surface area contributed by atoms with Crippen LogP contribution in [0.25, 0.3) is 0 Å². The molecule has 0 aliphatic rings. The highest BCUT2D eigenvalue weighted by atomic mass is 35.5. The van der Waals surface area contributed by atoms with E-state index in [0.29, 0.717) is 22.2 Å². The number of carbonyl (C=O) groups excluding carboxylic acids is 1. The van der Waals surface area contributed by atoms with Crippen LogP contribution in [0, 0.1) is 18.3 Å². The predicted octanol–water partition coefficient (Wildman–Crippen LogP) is 3.47. The predicted molar refractivity (Wildman–Crippen MR) is 88.6 cm³/mol. The van der Waals surface area contributed by atoms with Crippen LogP contribution < -0.4 is 10.1 Å². The van der Waals surface area contributed by atoms with Crippen LogP contribution in [-0.4, -0.2) is 18.0 Å². The van der Waals surface area contributed by atoms with E-state index in [-0.39, 0.29) is 0 Å². The average Bonchev–Trinajstić information content (AvgIpc) is 2.56. The second-order valence-corrected chi connectivity index (χ2v) is 5.68. The maximum Gasteiger partial charge on any atom is 0.249 e. The van der Waals surface area contributed by atoms with E-state index < -0.39 is 11.3 Å². The summed E-state index contributed by atoms with van der Waals surface area (Å²) in [5, 5.41) is 12.8. The number of aromatic nitrogens is 1. The first-order valence-corrected chi connectivity index (χ1v) is 7.28. The maximum atomic E-state index is 12.6. The number of nitrogens with one attached hydrogen (secondary N) is 1. The zero-order valence-corrected chi connectivity index (χ0v) is 13.8. The Morgan fingerprint density at radius 3 is 2.57 bits per heavy atom. The Kier molecular flexibility index (Phi) is 4.87. The van der Waals surface area contributed by atoms with E-state index >= 15 is 0 Å². The molecular weight excluding hydrogens is 314 g/mol.